The fourth-order valence-corrected chi connectivity index (χ4v) is 2.37. The van der Waals surface area contributed by atoms with E-state index in [2.05, 4.69) is 0 Å². The van der Waals surface area contributed by atoms with Crippen molar-refractivity contribution in [2.45, 2.75) is 0 Å². The van der Waals surface area contributed by atoms with Crippen LogP contribution in [-0.4, -0.2) is 12.5 Å². The summed E-state index contributed by atoms with van der Waals surface area (Å²) < 4.78 is 5.69. The third-order valence-corrected chi connectivity index (χ3v) is 3.37. The average molecular weight is 276 g/mol. The van der Waals surface area contributed by atoms with E-state index in [4.69, 9.17) is 15.7 Å². The number of hydrogen-bond acceptors (Lipinski definition) is 3. The number of nitrogens with zero attached hydrogens (tertiary/aromatic N) is 1. The van der Waals surface area contributed by atoms with E-state index in [1.807, 2.05) is 42.5 Å². The highest BCUT2D eigenvalue weighted by molar-refractivity contribution is 5.98. The van der Waals surface area contributed by atoms with Crippen LogP contribution in [0.5, 0.6) is 5.75 Å². The monoisotopic (exact) mass is 276 g/mol. The Morgan fingerprint density at radius 2 is 2.10 bits per heavy atom. The van der Waals surface area contributed by atoms with Gasteiger partial charge in [0.25, 0.3) is 5.91 Å². The molecule has 1 aliphatic rings. The van der Waals surface area contributed by atoms with Gasteiger partial charge in [0.15, 0.2) is 0 Å². The van der Waals surface area contributed by atoms with Crippen LogP contribution in [0.25, 0.3) is 16.8 Å². The molecule has 0 bridgehead atoms. The second-order valence-corrected chi connectivity index (χ2v) is 4.74. The molecule has 1 heterocycles. The molecule has 0 unspecified atom stereocenters. The van der Waals surface area contributed by atoms with E-state index in [0.717, 1.165) is 27.7 Å². The van der Waals surface area contributed by atoms with Crippen LogP contribution in [0.3, 0.4) is 0 Å². The molecule has 1 amide bonds. The van der Waals surface area contributed by atoms with Crippen molar-refractivity contribution in [1.82, 2.24) is 0 Å². The number of carbonyl (C=O) groups excluding carboxylic acids is 1. The van der Waals surface area contributed by atoms with Crippen LogP contribution in [-0.2, 0) is 4.79 Å². The minimum absolute atomic E-state index is 0.0754. The zero-order valence-electron chi connectivity index (χ0n) is 11.2. The van der Waals surface area contributed by atoms with E-state index in [1.54, 1.807) is 6.07 Å². The van der Waals surface area contributed by atoms with E-state index < -0.39 is 5.91 Å². The molecule has 0 aliphatic carbocycles. The molecule has 2 aromatic rings. The van der Waals surface area contributed by atoms with E-state index in [-0.39, 0.29) is 5.57 Å². The fourth-order valence-electron chi connectivity index (χ4n) is 2.37. The first-order valence-electron chi connectivity index (χ1n) is 6.46. The van der Waals surface area contributed by atoms with Crippen molar-refractivity contribution in [1.29, 1.82) is 5.26 Å². The first-order chi connectivity index (χ1) is 10.2. The Morgan fingerprint density at radius 1 is 1.29 bits per heavy atom. The summed E-state index contributed by atoms with van der Waals surface area (Å²) in [5.41, 5.74) is 6.77. The summed E-state index contributed by atoms with van der Waals surface area (Å²) in [6.07, 6.45) is 3.41. The van der Waals surface area contributed by atoms with Crippen LogP contribution in [0.15, 0.2) is 53.6 Å². The number of rotatable bonds is 2. The summed E-state index contributed by atoms with van der Waals surface area (Å²) in [5, 5.41) is 11.1. The highest BCUT2D eigenvalue weighted by atomic mass is 16.5. The van der Waals surface area contributed by atoms with Gasteiger partial charge in [-0.05, 0) is 34.6 Å². The van der Waals surface area contributed by atoms with Gasteiger partial charge in [0, 0.05) is 5.56 Å². The normalized spacial score (nSPS) is 13.9. The molecule has 102 valence electrons. The highest BCUT2D eigenvalue weighted by Crippen LogP contribution is 2.33. The molecular weight excluding hydrogens is 264 g/mol. The maximum atomic E-state index is 11.1. The van der Waals surface area contributed by atoms with Crippen LogP contribution in [0, 0.1) is 11.3 Å². The molecule has 0 saturated carbocycles. The second kappa shape index (κ2) is 5.14. The van der Waals surface area contributed by atoms with Gasteiger partial charge in [-0.3, -0.25) is 4.79 Å². The molecule has 2 N–H and O–H groups in total. The Morgan fingerprint density at radius 3 is 2.86 bits per heavy atom. The SMILES string of the molecule is N#C/C(=C\C1=Cc2c(ccc3ccccc23)OC1)C(N)=O. The number of hydrogen-bond donors (Lipinski definition) is 1. The first-order valence-corrected chi connectivity index (χ1v) is 6.46. The second-order valence-electron chi connectivity index (χ2n) is 4.74. The van der Waals surface area contributed by atoms with Crippen molar-refractivity contribution in [3.63, 3.8) is 0 Å². The number of carbonyl (C=O) groups is 1. The molecule has 21 heavy (non-hydrogen) atoms. The van der Waals surface area contributed by atoms with Gasteiger partial charge in [0.1, 0.15) is 24.0 Å². The Balaban J connectivity index is 2.14. The quantitative estimate of drug-likeness (QED) is 0.676. The molecule has 0 fully saturated rings. The van der Waals surface area contributed by atoms with E-state index >= 15 is 0 Å². The number of amides is 1. The van der Waals surface area contributed by atoms with Crippen molar-refractivity contribution in [3.8, 4) is 11.8 Å². The van der Waals surface area contributed by atoms with Crippen molar-refractivity contribution in [3.05, 3.63) is 59.2 Å². The third-order valence-electron chi connectivity index (χ3n) is 3.37. The molecule has 1 aliphatic heterocycles. The van der Waals surface area contributed by atoms with Gasteiger partial charge in [-0.2, -0.15) is 5.26 Å². The first kappa shape index (κ1) is 12.9. The van der Waals surface area contributed by atoms with Crippen molar-refractivity contribution >= 4 is 22.8 Å². The van der Waals surface area contributed by atoms with Crippen molar-refractivity contribution in [2.75, 3.05) is 6.61 Å². The molecule has 0 radical (unpaired) electrons. The van der Waals surface area contributed by atoms with Gasteiger partial charge in [-0.15, -0.1) is 0 Å². The molecule has 0 saturated heterocycles. The summed E-state index contributed by atoms with van der Waals surface area (Å²) in [6, 6.07) is 13.7. The summed E-state index contributed by atoms with van der Waals surface area (Å²) >= 11 is 0. The molecular formula is C17H12N2O2. The van der Waals surface area contributed by atoms with Crippen LogP contribution in [0.4, 0.5) is 0 Å². The summed E-state index contributed by atoms with van der Waals surface area (Å²) in [7, 11) is 0. The topological polar surface area (TPSA) is 76.1 Å². The lowest BCUT2D eigenvalue weighted by Crippen LogP contribution is -2.14. The average Bonchev–Trinajstić information content (AvgIpc) is 2.52. The van der Waals surface area contributed by atoms with Gasteiger partial charge in [0.2, 0.25) is 0 Å². The largest absolute Gasteiger partial charge is 0.488 e. The lowest BCUT2D eigenvalue weighted by molar-refractivity contribution is -0.114. The van der Waals surface area contributed by atoms with Crippen LogP contribution in [0.2, 0.25) is 0 Å². The van der Waals surface area contributed by atoms with E-state index in [0.29, 0.717) is 6.61 Å². The van der Waals surface area contributed by atoms with Crippen LogP contribution >= 0.6 is 0 Å². The van der Waals surface area contributed by atoms with Gasteiger partial charge in [0.05, 0.1) is 0 Å². The summed E-state index contributed by atoms with van der Waals surface area (Å²) in [5.74, 6) is 0.0607. The maximum Gasteiger partial charge on any atom is 0.259 e. The number of ether oxygens (including phenoxy) is 1. The lowest BCUT2D eigenvalue weighted by Gasteiger charge is -2.18. The summed E-state index contributed by atoms with van der Waals surface area (Å²) in [4.78, 5) is 11.1. The van der Waals surface area contributed by atoms with Crippen molar-refractivity contribution < 1.29 is 9.53 Å². The molecule has 0 atom stereocenters. The molecule has 3 rings (SSSR count). The minimum Gasteiger partial charge on any atom is -0.488 e. The molecule has 0 aromatic heterocycles. The van der Waals surface area contributed by atoms with Gasteiger partial charge < -0.3 is 10.5 Å². The standard InChI is InChI=1S/C17H12N2O2/c18-9-13(17(19)20)7-11-8-15-14-4-2-1-3-12(14)5-6-16(15)21-10-11/h1-8H,10H2,(H2,19,20)/b13-7+. The lowest BCUT2D eigenvalue weighted by atomic mass is 9.99. The predicted octanol–water partition coefficient (Wildman–Crippen LogP) is 2.55. The number of primary amides is 1. The van der Waals surface area contributed by atoms with Crippen LogP contribution in [0.1, 0.15) is 5.56 Å². The third kappa shape index (κ3) is 2.37. The minimum atomic E-state index is -0.734. The Labute approximate surface area is 121 Å². The molecule has 0 spiro atoms. The zero-order valence-corrected chi connectivity index (χ0v) is 11.2. The Kier molecular flexibility index (Phi) is 3.17. The fraction of sp³-hybridized carbons (Fsp3) is 0.0588. The molecule has 4 heteroatoms. The number of fused-ring (bicyclic) bond motifs is 3. The van der Waals surface area contributed by atoms with Crippen LogP contribution < -0.4 is 10.5 Å². The molecule has 2 aromatic carbocycles. The number of nitrogens with two attached hydrogens (primary N) is 1. The van der Waals surface area contributed by atoms with E-state index in [9.17, 15) is 4.79 Å². The van der Waals surface area contributed by atoms with Gasteiger partial charge >= 0.3 is 0 Å². The van der Waals surface area contributed by atoms with Crippen molar-refractivity contribution in [2.24, 2.45) is 5.73 Å². The highest BCUT2D eigenvalue weighted by Gasteiger charge is 2.14. The number of nitriles is 1. The molecule has 4 nitrogen and oxygen atoms in total. The smallest absolute Gasteiger partial charge is 0.259 e. The predicted molar refractivity (Wildman–Crippen MR) is 80.3 cm³/mol. The maximum absolute atomic E-state index is 11.1. The zero-order chi connectivity index (χ0) is 14.8. The van der Waals surface area contributed by atoms with Gasteiger partial charge in [-0.1, -0.05) is 30.3 Å². The summed E-state index contributed by atoms with van der Waals surface area (Å²) in [6.45, 7) is 0.309. The Hall–Kier alpha value is -3.06. The Bertz CT molecular complexity index is 841. The van der Waals surface area contributed by atoms with Gasteiger partial charge in [-0.25, -0.2) is 0 Å². The van der Waals surface area contributed by atoms with E-state index in [1.165, 1.54) is 6.08 Å². The number of benzene rings is 2.